The van der Waals surface area contributed by atoms with Crippen molar-refractivity contribution in [3.63, 3.8) is 0 Å². The molecule has 2 unspecified atom stereocenters. The van der Waals surface area contributed by atoms with Crippen LogP contribution in [-0.4, -0.2) is 11.9 Å². The molecule has 0 amide bonds. The second-order valence-electron chi connectivity index (χ2n) is 5.36. The fraction of sp³-hybridized carbons (Fsp3) is 0.625. The van der Waals surface area contributed by atoms with Gasteiger partial charge in [0.15, 0.2) is 0 Å². The highest BCUT2D eigenvalue weighted by Crippen LogP contribution is 2.28. The van der Waals surface area contributed by atoms with Crippen molar-refractivity contribution in [3.05, 3.63) is 35.4 Å². The zero-order valence-corrected chi connectivity index (χ0v) is 12.0. The van der Waals surface area contributed by atoms with E-state index in [-0.39, 0.29) is 0 Å². The van der Waals surface area contributed by atoms with E-state index < -0.39 is 0 Å². The van der Waals surface area contributed by atoms with Crippen LogP contribution in [0.5, 0.6) is 0 Å². The summed E-state index contributed by atoms with van der Waals surface area (Å²) in [5.41, 5.74) is 2.78. The molecule has 1 aromatic rings. The summed E-state index contributed by atoms with van der Waals surface area (Å²) < 4.78 is 0. The first-order valence-corrected chi connectivity index (χ1v) is 7.66. The molecule has 1 aliphatic rings. The molecular weight excluding hydrogens is 242 g/mol. The Bertz CT molecular complexity index is 347. The molecule has 0 heterocycles. The first-order chi connectivity index (χ1) is 8.79. The van der Waals surface area contributed by atoms with Crippen LogP contribution in [0.15, 0.2) is 24.3 Å². The van der Waals surface area contributed by atoms with Gasteiger partial charge in [-0.3, -0.25) is 0 Å². The molecule has 2 heteroatoms. The van der Waals surface area contributed by atoms with E-state index in [1.165, 1.54) is 36.8 Å². The molecule has 1 aromatic carbocycles. The van der Waals surface area contributed by atoms with E-state index in [0.29, 0.717) is 11.3 Å². The number of hydrogen-bond donors (Lipinski definition) is 1. The summed E-state index contributed by atoms with van der Waals surface area (Å²) in [6.45, 7) is 4.21. The Hall–Kier alpha value is -0.530. The van der Waals surface area contributed by atoms with E-state index in [1.54, 1.807) is 0 Å². The zero-order valence-electron chi connectivity index (χ0n) is 11.3. The van der Waals surface area contributed by atoms with Gasteiger partial charge in [0.2, 0.25) is 0 Å². The lowest BCUT2D eigenvalue weighted by atomic mass is 9.89. The Morgan fingerprint density at radius 3 is 2.44 bits per heavy atom. The molecule has 1 N–H and O–H groups in total. The smallest absolute Gasteiger partial charge is 0.0376 e. The van der Waals surface area contributed by atoms with Crippen molar-refractivity contribution in [2.45, 2.75) is 50.9 Å². The van der Waals surface area contributed by atoms with Gasteiger partial charge in [-0.1, -0.05) is 44.0 Å². The van der Waals surface area contributed by atoms with E-state index in [4.69, 9.17) is 11.6 Å². The molecule has 1 fully saturated rings. The molecule has 2 rings (SSSR count). The topological polar surface area (TPSA) is 12.0 Å². The first-order valence-electron chi connectivity index (χ1n) is 7.22. The number of alkyl halides is 1. The minimum atomic E-state index is 0.383. The summed E-state index contributed by atoms with van der Waals surface area (Å²) in [4.78, 5) is 0. The van der Waals surface area contributed by atoms with Crippen molar-refractivity contribution in [3.8, 4) is 0 Å². The summed E-state index contributed by atoms with van der Waals surface area (Å²) in [5, 5.41) is 3.94. The molecule has 0 aromatic heterocycles. The summed E-state index contributed by atoms with van der Waals surface area (Å²) in [7, 11) is 0. The maximum absolute atomic E-state index is 6.36. The molecule has 0 spiro atoms. The van der Waals surface area contributed by atoms with Crippen LogP contribution >= 0.6 is 11.6 Å². The number of benzene rings is 1. The number of hydrogen-bond acceptors (Lipinski definition) is 1. The Labute approximate surface area is 116 Å². The largest absolute Gasteiger partial charge is 0.312 e. The van der Waals surface area contributed by atoms with E-state index >= 15 is 0 Å². The Morgan fingerprint density at radius 1 is 1.11 bits per heavy atom. The van der Waals surface area contributed by atoms with Crippen LogP contribution in [0.1, 0.15) is 43.7 Å². The third-order valence-electron chi connectivity index (χ3n) is 3.98. The predicted molar refractivity (Wildman–Crippen MR) is 79.1 cm³/mol. The fourth-order valence-corrected chi connectivity index (χ4v) is 3.06. The lowest BCUT2D eigenvalue weighted by molar-refractivity contribution is 0.348. The van der Waals surface area contributed by atoms with E-state index in [2.05, 4.69) is 36.5 Å². The Kier molecular flexibility index (Phi) is 5.52. The van der Waals surface area contributed by atoms with Gasteiger partial charge in [0.05, 0.1) is 0 Å². The van der Waals surface area contributed by atoms with Crippen molar-refractivity contribution in [1.29, 1.82) is 0 Å². The van der Waals surface area contributed by atoms with E-state index in [0.717, 1.165) is 19.5 Å². The minimum absolute atomic E-state index is 0.383. The monoisotopic (exact) mass is 265 g/mol. The Balaban J connectivity index is 1.73. The van der Waals surface area contributed by atoms with Crippen molar-refractivity contribution in [2.24, 2.45) is 5.92 Å². The molecular formula is C16H24ClN. The van der Waals surface area contributed by atoms with Gasteiger partial charge in [-0.25, -0.2) is 0 Å². The molecule has 100 valence electrons. The zero-order chi connectivity index (χ0) is 12.8. The summed E-state index contributed by atoms with van der Waals surface area (Å²) >= 11 is 6.36. The highest BCUT2D eigenvalue weighted by molar-refractivity contribution is 6.20. The van der Waals surface area contributed by atoms with E-state index in [9.17, 15) is 0 Å². The van der Waals surface area contributed by atoms with Gasteiger partial charge in [-0.15, -0.1) is 11.6 Å². The number of rotatable bonds is 5. The van der Waals surface area contributed by atoms with Crippen LogP contribution in [0.3, 0.4) is 0 Å². The maximum Gasteiger partial charge on any atom is 0.0376 e. The van der Waals surface area contributed by atoms with Gasteiger partial charge < -0.3 is 5.32 Å². The van der Waals surface area contributed by atoms with Crippen LogP contribution in [0.4, 0.5) is 0 Å². The molecule has 18 heavy (non-hydrogen) atoms. The average Bonchev–Trinajstić information content (AvgIpc) is 2.42. The lowest BCUT2D eigenvalue weighted by Crippen LogP contribution is -2.30. The van der Waals surface area contributed by atoms with Crippen molar-refractivity contribution >= 4 is 11.6 Å². The lowest BCUT2D eigenvalue weighted by Gasteiger charge is -2.27. The quantitative estimate of drug-likeness (QED) is 0.789. The molecule has 1 aliphatic carbocycles. The second-order valence-corrected chi connectivity index (χ2v) is 5.92. The molecule has 0 aliphatic heterocycles. The molecule has 0 radical (unpaired) electrons. The van der Waals surface area contributed by atoms with Crippen LogP contribution in [0.25, 0.3) is 0 Å². The van der Waals surface area contributed by atoms with Crippen LogP contribution in [-0.2, 0) is 13.0 Å². The number of aryl methyl sites for hydroxylation is 1. The normalized spacial score (nSPS) is 24.1. The average molecular weight is 266 g/mol. The van der Waals surface area contributed by atoms with Gasteiger partial charge in [0, 0.05) is 11.9 Å². The standard InChI is InChI=1S/C16H24ClN/c1-2-13-7-9-14(10-8-13)11-18-12-15-5-3-4-6-16(15)17/h7-10,15-16,18H,2-6,11-12H2,1H3. The third-order valence-corrected chi connectivity index (χ3v) is 4.56. The summed E-state index contributed by atoms with van der Waals surface area (Å²) in [6, 6.07) is 8.90. The minimum Gasteiger partial charge on any atom is -0.312 e. The predicted octanol–water partition coefficient (Wildman–Crippen LogP) is 4.14. The highest BCUT2D eigenvalue weighted by Gasteiger charge is 2.22. The molecule has 2 atom stereocenters. The second kappa shape index (κ2) is 7.16. The van der Waals surface area contributed by atoms with Crippen molar-refractivity contribution in [2.75, 3.05) is 6.54 Å². The molecule has 1 nitrogen and oxygen atoms in total. The Morgan fingerprint density at radius 2 is 1.78 bits per heavy atom. The van der Waals surface area contributed by atoms with Gasteiger partial charge in [0.1, 0.15) is 0 Å². The first kappa shape index (κ1) is 13.9. The fourth-order valence-electron chi connectivity index (χ4n) is 2.69. The van der Waals surface area contributed by atoms with Gasteiger partial charge >= 0.3 is 0 Å². The summed E-state index contributed by atoms with van der Waals surface area (Å²) in [6.07, 6.45) is 6.25. The van der Waals surface area contributed by atoms with Gasteiger partial charge in [0.25, 0.3) is 0 Å². The number of halogens is 1. The van der Waals surface area contributed by atoms with E-state index in [1.807, 2.05) is 0 Å². The highest BCUT2D eigenvalue weighted by atomic mass is 35.5. The third kappa shape index (κ3) is 4.00. The van der Waals surface area contributed by atoms with Crippen molar-refractivity contribution < 1.29 is 0 Å². The van der Waals surface area contributed by atoms with Gasteiger partial charge in [-0.05, 0) is 42.9 Å². The van der Waals surface area contributed by atoms with Crippen molar-refractivity contribution in [1.82, 2.24) is 5.32 Å². The SMILES string of the molecule is CCc1ccc(CNCC2CCCCC2Cl)cc1. The summed E-state index contributed by atoms with van der Waals surface area (Å²) in [5.74, 6) is 0.662. The van der Waals surface area contributed by atoms with Crippen LogP contribution < -0.4 is 5.32 Å². The van der Waals surface area contributed by atoms with Crippen LogP contribution in [0.2, 0.25) is 0 Å². The maximum atomic E-state index is 6.36. The van der Waals surface area contributed by atoms with Gasteiger partial charge in [-0.2, -0.15) is 0 Å². The van der Waals surface area contributed by atoms with Crippen LogP contribution in [0, 0.1) is 5.92 Å². The molecule has 0 bridgehead atoms. The molecule has 0 saturated heterocycles. The number of nitrogens with one attached hydrogen (secondary N) is 1. The molecule has 1 saturated carbocycles.